The lowest BCUT2D eigenvalue weighted by Gasteiger charge is -2.33. The summed E-state index contributed by atoms with van der Waals surface area (Å²) in [5.41, 5.74) is 0. The van der Waals surface area contributed by atoms with E-state index < -0.39 is 27.6 Å². The molecule has 114 valence electrons. The Bertz CT molecular complexity index is 501. The highest BCUT2D eigenvalue weighted by Gasteiger charge is 2.40. The Hall–Kier alpha value is -1.11. The number of hydrogen-bond acceptors (Lipinski definition) is 4. The molecule has 0 aromatic carbocycles. The highest BCUT2D eigenvalue weighted by molar-refractivity contribution is 7.91. The maximum absolute atomic E-state index is 12.5. The van der Waals surface area contributed by atoms with E-state index in [0.717, 1.165) is 12.8 Å². The molecule has 3 unspecified atom stereocenters. The zero-order valence-electron chi connectivity index (χ0n) is 11.6. The van der Waals surface area contributed by atoms with Crippen LogP contribution in [0.25, 0.3) is 0 Å². The standard InChI is InChI=1S/C13H21NO5S/c1-14(9-6-7-20(18,19)8-9)12(15)10-4-2-3-5-11(10)13(16)17/h9-11H,2-8H2,1H3,(H,16,17). The smallest absolute Gasteiger partial charge is 0.307 e. The molecule has 6 nitrogen and oxygen atoms in total. The Morgan fingerprint density at radius 3 is 2.20 bits per heavy atom. The fourth-order valence-electron chi connectivity index (χ4n) is 3.24. The van der Waals surface area contributed by atoms with Crippen molar-refractivity contribution in [1.29, 1.82) is 0 Å². The maximum Gasteiger partial charge on any atom is 0.307 e. The molecule has 3 atom stereocenters. The van der Waals surface area contributed by atoms with Gasteiger partial charge in [-0.25, -0.2) is 8.42 Å². The molecule has 20 heavy (non-hydrogen) atoms. The van der Waals surface area contributed by atoms with E-state index in [2.05, 4.69) is 0 Å². The van der Waals surface area contributed by atoms with Crippen molar-refractivity contribution in [2.75, 3.05) is 18.6 Å². The summed E-state index contributed by atoms with van der Waals surface area (Å²) in [6.07, 6.45) is 3.26. The van der Waals surface area contributed by atoms with Crippen LogP contribution in [0.4, 0.5) is 0 Å². The lowest BCUT2D eigenvalue weighted by Crippen LogP contribution is -2.45. The van der Waals surface area contributed by atoms with E-state index in [0.29, 0.717) is 19.3 Å². The summed E-state index contributed by atoms with van der Waals surface area (Å²) in [5.74, 6) is -2.15. The van der Waals surface area contributed by atoms with E-state index in [-0.39, 0.29) is 23.5 Å². The highest BCUT2D eigenvalue weighted by Crippen LogP contribution is 2.32. The summed E-state index contributed by atoms with van der Waals surface area (Å²) < 4.78 is 23.0. The summed E-state index contributed by atoms with van der Waals surface area (Å²) in [6, 6.07) is -0.302. The predicted octanol–water partition coefficient (Wildman–Crippen LogP) is 0.523. The fourth-order valence-corrected chi connectivity index (χ4v) is 5.02. The lowest BCUT2D eigenvalue weighted by atomic mass is 9.78. The van der Waals surface area contributed by atoms with E-state index in [4.69, 9.17) is 0 Å². The third kappa shape index (κ3) is 3.13. The molecule has 0 aromatic rings. The summed E-state index contributed by atoms with van der Waals surface area (Å²) in [4.78, 5) is 25.2. The average Bonchev–Trinajstić information content (AvgIpc) is 2.77. The van der Waals surface area contributed by atoms with E-state index in [9.17, 15) is 23.1 Å². The van der Waals surface area contributed by atoms with Gasteiger partial charge in [0.2, 0.25) is 5.91 Å². The first-order valence-electron chi connectivity index (χ1n) is 7.02. The van der Waals surface area contributed by atoms with Crippen LogP contribution >= 0.6 is 0 Å². The molecule has 1 aliphatic heterocycles. The van der Waals surface area contributed by atoms with Crippen LogP contribution in [0.15, 0.2) is 0 Å². The van der Waals surface area contributed by atoms with E-state index in [1.807, 2.05) is 0 Å². The van der Waals surface area contributed by atoms with Gasteiger partial charge in [0.25, 0.3) is 0 Å². The third-order valence-electron chi connectivity index (χ3n) is 4.50. The summed E-state index contributed by atoms with van der Waals surface area (Å²) in [7, 11) is -1.45. The number of nitrogens with zero attached hydrogens (tertiary/aromatic N) is 1. The molecule has 1 amide bonds. The Kier molecular flexibility index (Phi) is 4.36. The molecular weight excluding hydrogens is 282 g/mol. The third-order valence-corrected chi connectivity index (χ3v) is 6.25. The van der Waals surface area contributed by atoms with Crippen LogP contribution in [0.2, 0.25) is 0 Å². The topological polar surface area (TPSA) is 91.8 Å². The monoisotopic (exact) mass is 303 g/mol. The number of carbonyl (C=O) groups excluding carboxylic acids is 1. The highest BCUT2D eigenvalue weighted by atomic mass is 32.2. The molecule has 1 saturated heterocycles. The van der Waals surface area contributed by atoms with Gasteiger partial charge in [-0.2, -0.15) is 0 Å². The van der Waals surface area contributed by atoms with Gasteiger partial charge in [0, 0.05) is 13.1 Å². The van der Waals surface area contributed by atoms with Gasteiger partial charge >= 0.3 is 5.97 Å². The van der Waals surface area contributed by atoms with Gasteiger partial charge < -0.3 is 10.0 Å². The van der Waals surface area contributed by atoms with Crippen LogP contribution in [0.1, 0.15) is 32.1 Å². The van der Waals surface area contributed by atoms with Crippen LogP contribution in [0.5, 0.6) is 0 Å². The van der Waals surface area contributed by atoms with Gasteiger partial charge in [0.05, 0.1) is 23.3 Å². The number of amides is 1. The van der Waals surface area contributed by atoms with Crippen LogP contribution in [-0.2, 0) is 19.4 Å². The van der Waals surface area contributed by atoms with Gasteiger partial charge in [-0.3, -0.25) is 9.59 Å². The quantitative estimate of drug-likeness (QED) is 0.821. The van der Waals surface area contributed by atoms with Crippen molar-refractivity contribution in [2.45, 2.75) is 38.1 Å². The molecule has 2 aliphatic rings. The Morgan fingerprint density at radius 2 is 1.70 bits per heavy atom. The first kappa shape index (κ1) is 15.3. The van der Waals surface area contributed by atoms with E-state index in [1.54, 1.807) is 7.05 Å². The molecule has 7 heteroatoms. The van der Waals surface area contributed by atoms with E-state index >= 15 is 0 Å². The number of carboxylic acid groups (broad SMARTS) is 1. The normalized spacial score (nSPS) is 32.8. The SMILES string of the molecule is CN(C(=O)C1CCCCC1C(=O)O)C1CCS(=O)(=O)C1. The Labute approximate surface area is 119 Å². The first-order chi connectivity index (χ1) is 9.32. The van der Waals surface area contributed by atoms with Crippen molar-refractivity contribution in [3.63, 3.8) is 0 Å². The summed E-state index contributed by atoms with van der Waals surface area (Å²) in [5, 5.41) is 9.22. The van der Waals surface area contributed by atoms with Crippen molar-refractivity contribution in [3.8, 4) is 0 Å². The number of carbonyl (C=O) groups is 2. The molecule has 0 bridgehead atoms. The lowest BCUT2D eigenvalue weighted by molar-refractivity contribution is -0.152. The fraction of sp³-hybridized carbons (Fsp3) is 0.846. The number of aliphatic carboxylic acids is 1. The van der Waals surface area contributed by atoms with Crippen molar-refractivity contribution < 1.29 is 23.1 Å². The molecule has 0 spiro atoms. The zero-order valence-corrected chi connectivity index (χ0v) is 12.4. The van der Waals surface area contributed by atoms with Crippen molar-refractivity contribution >= 4 is 21.7 Å². The number of carboxylic acids is 1. The van der Waals surface area contributed by atoms with Crippen molar-refractivity contribution in [2.24, 2.45) is 11.8 Å². The molecule has 1 saturated carbocycles. The molecule has 2 rings (SSSR count). The molecule has 1 heterocycles. The molecule has 2 fully saturated rings. The number of rotatable bonds is 3. The first-order valence-corrected chi connectivity index (χ1v) is 8.84. The van der Waals surface area contributed by atoms with Crippen LogP contribution in [0, 0.1) is 11.8 Å². The van der Waals surface area contributed by atoms with Crippen molar-refractivity contribution in [3.05, 3.63) is 0 Å². The van der Waals surface area contributed by atoms with Crippen LogP contribution in [0.3, 0.4) is 0 Å². The maximum atomic E-state index is 12.5. The largest absolute Gasteiger partial charge is 0.481 e. The Balaban J connectivity index is 2.07. The second-order valence-corrected chi connectivity index (χ2v) is 8.07. The molecule has 1 aliphatic carbocycles. The van der Waals surface area contributed by atoms with Gasteiger partial charge in [-0.05, 0) is 19.3 Å². The second-order valence-electron chi connectivity index (χ2n) is 5.84. The number of sulfone groups is 1. The second kappa shape index (κ2) is 5.71. The minimum absolute atomic E-state index is 0.000300. The van der Waals surface area contributed by atoms with Gasteiger partial charge in [-0.15, -0.1) is 0 Å². The minimum atomic E-state index is -3.04. The zero-order chi connectivity index (χ0) is 14.9. The van der Waals surface area contributed by atoms with E-state index in [1.165, 1.54) is 4.90 Å². The van der Waals surface area contributed by atoms with Crippen LogP contribution < -0.4 is 0 Å². The van der Waals surface area contributed by atoms with Gasteiger partial charge in [0.15, 0.2) is 9.84 Å². The van der Waals surface area contributed by atoms with Crippen LogP contribution in [-0.4, -0.2) is 54.9 Å². The predicted molar refractivity (Wildman–Crippen MR) is 72.9 cm³/mol. The van der Waals surface area contributed by atoms with Gasteiger partial charge in [-0.1, -0.05) is 12.8 Å². The van der Waals surface area contributed by atoms with Gasteiger partial charge in [0.1, 0.15) is 0 Å². The summed E-state index contributed by atoms with van der Waals surface area (Å²) in [6.45, 7) is 0. The van der Waals surface area contributed by atoms with Crippen molar-refractivity contribution in [1.82, 2.24) is 4.90 Å². The molecule has 0 radical (unpaired) electrons. The Morgan fingerprint density at radius 1 is 1.10 bits per heavy atom. The summed E-state index contributed by atoms with van der Waals surface area (Å²) >= 11 is 0. The average molecular weight is 303 g/mol. The molecule has 1 N–H and O–H groups in total. The molecular formula is C13H21NO5S. The number of hydrogen-bond donors (Lipinski definition) is 1. The molecule has 0 aromatic heterocycles. The minimum Gasteiger partial charge on any atom is -0.481 e.